The van der Waals surface area contributed by atoms with Gasteiger partial charge in [-0.25, -0.2) is 4.79 Å². The van der Waals surface area contributed by atoms with Gasteiger partial charge >= 0.3 is 6.09 Å². The number of benzene rings is 1. The molecule has 8 heteroatoms. The lowest BCUT2D eigenvalue weighted by Crippen LogP contribution is -2.31. The van der Waals surface area contributed by atoms with Crippen LogP contribution in [0.25, 0.3) is 11.0 Å². The van der Waals surface area contributed by atoms with Crippen LogP contribution in [0.2, 0.25) is 0 Å². The van der Waals surface area contributed by atoms with Crippen LogP contribution in [0.5, 0.6) is 0 Å². The Morgan fingerprint density at radius 2 is 2.00 bits per heavy atom. The number of hydrogen-bond acceptors (Lipinski definition) is 6. The van der Waals surface area contributed by atoms with Crippen molar-refractivity contribution >= 4 is 45.2 Å². The van der Waals surface area contributed by atoms with Crippen LogP contribution in [0.1, 0.15) is 44.7 Å². The largest absolute Gasteiger partial charge is 0.453 e. The predicted octanol–water partition coefficient (Wildman–Crippen LogP) is 4.37. The van der Waals surface area contributed by atoms with Crippen LogP contribution in [-0.4, -0.2) is 25.0 Å². The molecule has 3 amide bonds. The van der Waals surface area contributed by atoms with Crippen molar-refractivity contribution in [3.8, 4) is 0 Å². The third-order valence-electron chi connectivity index (χ3n) is 5.02. The van der Waals surface area contributed by atoms with Crippen LogP contribution in [0.15, 0.2) is 34.7 Å². The summed E-state index contributed by atoms with van der Waals surface area (Å²) in [7, 11) is 1.19. The van der Waals surface area contributed by atoms with Crippen LogP contribution in [0.4, 0.5) is 9.80 Å². The molecular formula is C21H20N2O5S. The summed E-state index contributed by atoms with van der Waals surface area (Å²) in [4.78, 5) is 38.1. The van der Waals surface area contributed by atoms with Gasteiger partial charge in [-0.15, -0.1) is 11.3 Å². The number of rotatable bonds is 3. The van der Waals surface area contributed by atoms with E-state index in [0.29, 0.717) is 22.1 Å². The van der Waals surface area contributed by atoms with Gasteiger partial charge in [0.05, 0.1) is 12.7 Å². The van der Waals surface area contributed by atoms with Crippen molar-refractivity contribution in [2.75, 3.05) is 12.4 Å². The van der Waals surface area contributed by atoms with Crippen molar-refractivity contribution in [2.45, 2.75) is 26.2 Å². The Hall–Kier alpha value is -3.13. The average Bonchev–Trinajstić information content (AvgIpc) is 3.28. The number of hydrogen-bond donors (Lipinski definition) is 2. The van der Waals surface area contributed by atoms with E-state index in [4.69, 9.17) is 4.42 Å². The van der Waals surface area contributed by atoms with Gasteiger partial charge in [-0.3, -0.25) is 14.9 Å². The van der Waals surface area contributed by atoms with Gasteiger partial charge in [0.15, 0.2) is 5.76 Å². The monoisotopic (exact) mass is 412 g/mol. The quantitative estimate of drug-likeness (QED) is 0.666. The minimum Gasteiger partial charge on any atom is -0.453 e. The van der Waals surface area contributed by atoms with Gasteiger partial charge in [-0.2, -0.15) is 0 Å². The summed E-state index contributed by atoms with van der Waals surface area (Å²) in [5.41, 5.74) is 1.82. The van der Waals surface area contributed by atoms with E-state index in [1.54, 1.807) is 12.1 Å². The Labute approximate surface area is 171 Å². The van der Waals surface area contributed by atoms with Gasteiger partial charge in [0.2, 0.25) is 0 Å². The first kappa shape index (κ1) is 19.2. The van der Waals surface area contributed by atoms with E-state index in [1.807, 2.05) is 18.2 Å². The van der Waals surface area contributed by atoms with Gasteiger partial charge in [-0.1, -0.05) is 25.1 Å². The molecule has 0 radical (unpaired) electrons. The molecule has 3 aromatic rings. The van der Waals surface area contributed by atoms with Crippen LogP contribution in [0.3, 0.4) is 0 Å². The maximum absolute atomic E-state index is 12.8. The van der Waals surface area contributed by atoms with Gasteiger partial charge in [0, 0.05) is 10.3 Å². The van der Waals surface area contributed by atoms with E-state index in [2.05, 4.69) is 22.3 Å². The minimum absolute atomic E-state index is 0.158. The lowest BCUT2D eigenvalue weighted by Gasteiger charge is -2.18. The number of carbonyl (C=O) groups excluding carboxylic acids is 3. The number of anilines is 1. The van der Waals surface area contributed by atoms with Crippen molar-refractivity contribution in [1.82, 2.24) is 5.32 Å². The molecule has 2 heterocycles. The fourth-order valence-electron chi connectivity index (χ4n) is 3.54. The second-order valence-corrected chi connectivity index (χ2v) is 8.21. The molecule has 0 bridgehead atoms. The molecule has 7 nitrogen and oxygen atoms in total. The molecule has 0 saturated heterocycles. The van der Waals surface area contributed by atoms with Crippen LogP contribution in [-0.2, 0) is 17.6 Å². The van der Waals surface area contributed by atoms with Crippen LogP contribution < -0.4 is 10.6 Å². The summed E-state index contributed by atoms with van der Waals surface area (Å²) in [5.74, 6) is -0.370. The molecule has 1 aromatic carbocycles. The first-order valence-corrected chi connectivity index (χ1v) is 10.1. The van der Waals surface area contributed by atoms with Gasteiger partial charge in [-0.05, 0) is 42.9 Å². The number of nitrogens with one attached hydrogen (secondary N) is 2. The van der Waals surface area contributed by atoms with Crippen molar-refractivity contribution in [1.29, 1.82) is 0 Å². The van der Waals surface area contributed by atoms with Crippen LogP contribution in [0, 0.1) is 5.92 Å². The number of ether oxygens (including phenoxy) is 1. The summed E-state index contributed by atoms with van der Waals surface area (Å²) in [6.45, 7) is 2.16. The number of fused-ring (bicyclic) bond motifs is 2. The van der Waals surface area contributed by atoms with Gasteiger partial charge in [0.1, 0.15) is 10.6 Å². The van der Waals surface area contributed by atoms with E-state index in [9.17, 15) is 14.4 Å². The minimum atomic E-state index is -0.839. The Morgan fingerprint density at radius 3 is 2.76 bits per heavy atom. The smallest absolute Gasteiger partial charge is 0.413 e. The average molecular weight is 412 g/mol. The van der Waals surface area contributed by atoms with Gasteiger partial charge in [0.25, 0.3) is 11.8 Å². The Kier molecular flexibility index (Phi) is 5.10. The summed E-state index contributed by atoms with van der Waals surface area (Å²) in [6, 6.07) is 9.00. The zero-order valence-electron chi connectivity index (χ0n) is 16.0. The second-order valence-electron chi connectivity index (χ2n) is 7.10. The Morgan fingerprint density at radius 1 is 1.21 bits per heavy atom. The van der Waals surface area contributed by atoms with Crippen molar-refractivity contribution in [3.05, 3.63) is 52.1 Å². The summed E-state index contributed by atoms with van der Waals surface area (Å²) in [5, 5.41) is 6.24. The molecule has 150 valence electrons. The molecule has 0 aliphatic heterocycles. The molecule has 29 heavy (non-hydrogen) atoms. The Bertz CT molecular complexity index is 1080. The van der Waals surface area contributed by atoms with E-state index < -0.39 is 17.9 Å². The van der Waals surface area contributed by atoms with Crippen LogP contribution >= 0.6 is 11.3 Å². The molecule has 2 N–H and O–H groups in total. The lowest BCUT2D eigenvalue weighted by molar-refractivity contribution is 0.0937. The molecule has 0 fully saturated rings. The van der Waals surface area contributed by atoms with E-state index in [1.165, 1.54) is 18.4 Å². The fraction of sp³-hybridized carbons (Fsp3) is 0.286. The number of para-hydroxylation sites is 1. The van der Waals surface area contributed by atoms with E-state index in [0.717, 1.165) is 35.1 Å². The van der Waals surface area contributed by atoms with Crippen molar-refractivity contribution < 1.29 is 23.5 Å². The normalized spacial score (nSPS) is 15.6. The molecule has 2 aromatic heterocycles. The number of imide groups is 1. The first-order valence-electron chi connectivity index (χ1n) is 9.30. The first-order chi connectivity index (χ1) is 14.0. The molecule has 4 rings (SSSR count). The van der Waals surface area contributed by atoms with E-state index >= 15 is 0 Å². The number of furan rings is 1. The topological polar surface area (TPSA) is 97.6 Å². The lowest BCUT2D eigenvalue weighted by atomic mass is 9.88. The Balaban J connectivity index is 1.67. The third-order valence-corrected chi connectivity index (χ3v) is 6.19. The highest BCUT2D eigenvalue weighted by Gasteiger charge is 2.29. The zero-order chi connectivity index (χ0) is 20.5. The van der Waals surface area contributed by atoms with Crippen molar-refractivity contribution in [2.24, 2.45) is 5.92 Å². The number of methoxy groups -OCH3 is 1. The second kappa shape index (κ2) is 7.71. The third kappa shape index (κ3) is 3.75. The molecule has 0 spiro atoms. The van der Waals surface area contributed by atoms with Crippen molar-refractivity contribution in [3.63, 3.8) is 0 Å². The summed E-state index contributed by atoms with van der Waals surface area (Å²) < 4.78 is 10.2. The number of thiophene rings is 1. The molecule has 1 unspecified atom stereocenters. The standard InChI is InChI=1S/C21H20N2O5S/c1-11-7-8-13-16(9-11)29-20(17(13)19(25)23-21(26)27-2)22-18(24)15-10-12-5-3-4-6-14(12)28-15/h3-6,10-11H,7-9H2,1-2H3,(H,22,24)(H,23,25,26). The highest BCUT2D eigenvalue weighted by atomic mass is 32.1. The zero-order valence-corrected chi connectivity index (χ0v) is 16.9. The number of alkyl carbamates (subject to hydrolysis) is 1. The summed E-state index contributed by atoms with van der Waals surface area (Å²) in [6.07, 6.45) is 1.66. The highest BCUT2D eigenvalue weighted by Crippen LogP contribution is 2.40. The molecule has 1 aliphatic rings. The molecule has 1 aliphatic carbocycles. The molecule has 0 saturated carbocycles. The maximum Gasteiger partial charge on any atom is 0.413 e. The molecule has 1 atom stereocenters. The van der Waals surface area contributed by atoms with Gasteiger partial charge < -0.3 is 14.5 Å². The maximum atomic E-state index is 12.8. The fourth-order valence-corrected chi connectivity index (χ4v) is 4.95. The molecular weight excluding hydrogens is 392 g/mol. The SMILES string of the molecule is COC(=O)NC(=O)c1c(NC(=O)c2cc3ccccc3o2)sc2c1CCC(C)C2. The highest BCUT2D eigenvalue weighted by molar-refractivity contribution is 7.17. The number of carbonyl (C=O) groups is 3. The van der Waals surface area contributed by atoms with E-state index in [-0.39, 0.29) is 5.76 Å². The summed E-state index contributed by atoms with van der Waals surface area (Å²) >= 11 is 1.37. The predicted molar refractivity (Wildman–Crippen MR) is 110 cm³/mol. The number of amides is 3.